The molecule has 19 heavy (non-hydrogen) atoms. The maximum atomic E-state index is 12.2. The first-order chi connectivity index (χ1) is 8.88. The van der Waals surface area contributed by atoms with Crippen molar-refractivity contribution in [2.75, 3.05) is 19.3 Å². The molecule has 1 aliphatic rings. The molecule has 1 aliphatic carbocycles. The highest BCUT2D eigenvalue weighted by atomic mass is 35.5. The summed E-state index contributed by atoms with van der Waals surface area (Å²) in [6, 6.07) is 3.05. The average molecular weight is 303 g/mol. The number of benzene rings is 1. The highest BCUT2D eigenvalue weighted by molar-refractivity contribution is 6.43. The van der Waals surface area contributed by atoms with Crippen molar-refractivity contribution in [1.82, 2.24) is 4.90 Å². The van der Waals surface area contributed by atoms with E-state index >= 15 is 0 Å². The number of amides is 1. The maximum Gasteiger partial charge on any atom is 0.253 e. The molecule has 2 rings (SSSR count). The molecular formula is C13H16Cl2N2O2. The molecule has 6 heteroatoms. The van der Waals surface area contributed by atoms with Crippen molar-refractivity contribution >= 4 is 34.8 Å². The van der Waals surface area contributed by atoms with Gasteiger partial charge in [-0.15, -0.1) is 0 Å². The normalized spacial score (nSPS) is 21.9. The van der Waals surface area contributed by atoms with Crippen LogP contribution in [0.15, 0.2) is 12.1 Å². The standard InChI is InChI=1S/C13H16Cl2N2O2/c1-17(6-7-2-9(18)3-7)13(19)8-4-10(14)12(15)11(16)5-8/h4-5,7,9,18H,2-3,6,16H2,1H3. The van der Waals surface area contributed by atoms with E-state index in [-0.39, 0.29) is 22.1 Å². The zero-order valence-electron chi connectivity index (χ0n) is 10.6. The molecule has 104 valence electrons. The van der Waals surface area contributed by atoms with E-state index in [9.17, 15) is 9.90 Å². The van der Waals surface area contributed by atoms with Gasteiger partial charge >= 0.3 is 0 Å². The molecule has 1 aromatic rings. The number of nitrogens with two attached hydrogens (primary N) is 1. The second-order valence-electron chi connectivity index (χ2n) is 5.04. The molecule has 0 unspecified atom stereocenters. The fraction of sp³-hybridized carbons (Fsp3) is 0.462. The predicted octanol–water partition coefficient (Wildman–Crippen LogP) is 2.42. The lowest BCUT2D eigenvalue weighted by Crippen LogP contribution is -2.39. The number of halogens is 2. The third-order valence-electron chi connectivity index (χ3n) is 3.39. The Bertz CT molecular complexity index is 478. The van der Waals surface area contributed by atoms with Gasteiger partial charge < -0.3 is 15.7 Å². The highest BCUT2D eigenvalue weighted by Gasteiger charge is 2.29. The summed E-state index contributed by atoms with van der Waals surface area (Å²) in [5.41, 5.74) is 6.42. The molecule has 0 aromatic heterocycles. The molecule has 1 saturated carbocycles. The molecule has 1 aromatic carbocycles. The van der Waals surface area contributed by atoms with Crippen molar-refractivity contribution < 1.29 is 9.90 Å². The molecule has 0 radical (unpaired) electrons. The second-order valence-corrected chi connectivity index (χ2v) is 5.82. The minimum absolute atomic E-state index is 0.147. The van der Waals surface area contributed by atoms with E-state index in [0.29, 0.717) is 23.7 Å². The van der Waals surface area contributed by atoms with Gasteiger partial charge in [-0.1, -0.05) is 23.2 Å². The first kappa shape index (κ1) is 14.4. The smallest absolute Gasteiger partial charge is 0.253 e. The Morgan fingerprint density at radius 3 is 2.63 bits per heavy atom. The van der Waals surface area contributed by atoms with E-state index in [4.69, 9.17) is 28.9 Å². The SMILES string of the molecule is CN(CC1CC(O)C1)C(=O)c1cc(N)c(Cl)c(Cl)c1. The van der Waals surface area contributed by atoms with Crippen LogP contribution in [0.5, 0.6) is 0 Å². The summed E-state index contributed by atoms with van der Waals surface area (Å²) in [5.74, 6) is 0.218. The number of anilines is 1. The van der Waals surface area contributed by atoms with Gasteiger partial charge in [-0.3, -0.25) is 4.79 Å². The molecule has 0 heterocycles. The van der Waals surface area contributed by atoms with Gasteiger partial charge in [-0.05, 0) is 30.9 Å². The highest BCUT2D eigenvalue weighted by Crippen LogP contribution is 2.31. The third-order valence-corrected chi connectivity index (χ3v) is 4.21. The summed E-state index contributed by atoms with van der Waals surface area (Å²) in [6.45, 7) is 0.621. The molecule has 4 nitrogen and oxygen atoms in total. The maximum absolute atomic E-state index is 12.2. The molecule has 0 spiro atoms. The van der Waals surface area contributed by atoms with Gasteiger partial charge in [0.25, 0.3) is 5.91 Å². The molecule has 1 fully saturated rings. The molecule has 0 aliphatic heterocycles. The van der Waals surface area contributed by atoms with Crippen LogP contribution in [0.4, 0.5) is 5.69 Å². The topological polar surface area (TPSA) is 66.6 Å². The van der Waals surface area contributed by atoms with Crippen LogP contribution in [-0.4, -0.2) is 35.6 Å². The van der Waals surface area contributed by atoms with E-state index < -0.39 is 0 Å². The quantitative estimate of drug-likeness (QED) is 0.843. The average Bonchev–Trinajstić information content (AvgIpc) is 2.32. The number of hydrogen-bond donors (Lipinski definition) is 2. The summed E-state index contributed by atoms with van der Waals surface area (Å²) >= 11 is 11.8. The number of carbonyl (C=O) groups excluding carboxylic acids is 1. The number of nitrogens with zero attached hydrogens (tertiary/aromatic N) is 1. The van der Waals surface area contributed by atoms with Gasteiger partial charge in [0, 0.05) is 19.2 Å². The second kappa shape index (κ2) is 5.57. The lowest BCUT2D eigenvalue weighted by atomic mass is 9.82. The number of nitrogen functional groups attached to an aromatic ring is 1. The van der Waals surface area contributed by atoms with Crippen molar-refractivity contribution in [2.24, 2.45) is 5.92 Å². The van der Waals surface area contributed by atoms with Gasteiger partial charge in [0.15, 0.2) is 0 Å². The first-order valence-corrected chi connectivity index (χ1v) is 6.82. The van der Waals surface area contributed by atoms with Crippen LogP contribution in [-0.2, 0) is 0 Å². The minimum Gasteiger partial charge on any atom is -0.397 e. The first-order valence-electron chi connectivity index (χ1n) is 6.06. The van der Waals surface area contributed by atoms with Gasteiger partial charge in [0.2, 0.25) is 0 Å². The van der Waals surface area contributed by atoms with Crippen molar-refractivity contribution in [2.45, 2.75) is 18.9 Å². The minimum atomic E-state index is -0.214. The number of hydrogen-bond acceptors (Lipinski definition) is 3. The molecule has 0 saturated heterocycles. The third kappa shape index (κ3) is 3.14. The number of carbonyl (C=O) groups is 1. The van der Waals surface area contributed by atoms with Crippen molar-refractivity contribution in [3.8, 4) is 0 Å². The summed E-state index contributed by atoms with van der Waals surface area (Å²) in [7, 11) is 1.73. The lowest BCUT2D eigenvalue weighted by molar-refractivity contribution is 0.0265. The van der Waals surface area contributed by atoms with E-state index in [1.54, 1.807) is 11.9 Å². The molecule has 0 bridgehead atoms. The van der Waals surface area contributed by atoms with Crippen LogP contribution in [0.3, 0.4) is 0 Å². The van der Waals surface area contributed by atoms with Crippen LogP contribution < -0.4 is 5.73 Å². The lowest BCUT2D eigenvalue weighted by Gasteiger charge is -2.34. The van der Waals surface area contributed by atoms with Crippen LogP contribution in [0, 0.1) is 5.92 Å². The Morgan fingerprint density at radius 2 is 2.11 bits per heavy atom. The summed E-state index contributed by atoms with van der Waals surface area (Å²) < 4.78 is 0. The fourth-order valence-corrected chi connectivity index (χ4v) is 2.61. The number of rotatable bonds is 3. The van der Waals surface area contributed by atoms with Crippen LogP contribution in [0.25, 0.3) is 0 Å². The van der Waals surface area contributed by atoms with E-state index in [2.05, 4.69) is 0 Å². The monoisotopic (exact) mass is 302 g/mol. The van der Waals surface area contributed by atoms with E-state index in [1.165, 1.54) is 12.1 Å². The zero-order valence-corrected chi connectivity index (χ0v) is 12.1. The van der Waals surface area contributed by atoms with Gasteiger partial charge in [0.1, 0.15) is 0 Å². The Morgan fingerprint density at radius 1 is 1.47 bits per heavy atom. The van der Waals surface area contributed by atoms with Crippen LogP contribution in [0.1, 0.15) is 23.2 Å². The van der Waals surface area contributed by atoms with Gasteiger partial charge in [-0.2, -0.15) is 0 Å². The Balaban J connectivity index is 2.06. The molecular weight excluding hydrogens is 287 g/mol. The van der Waals surface area contributed by atoms with Gasteiger partial charge in [-0.25, -0.2) is 0 Å². The summed E-state index contributed by atoms with van der Waals surface area (Å²) in [6.07, 6.45) is 1.29. The summed E-state index contributed by atoms with van der Waals surface area (Å²) in [4.78, 5) is 13.8. The fourth-order valence-electron chi connectivity index (χ4n) is 2.27. The summed E-state index contributed by atoms with van der Waals surface area (Å²) in [5, 5.41) is 9.78. The van der Waals surface area contributed by atoms with E-state index in [0.717, 1.165) is 12.8 Å². The molecule has 1 amide bonds. The van der Waals surface area contributed by atoms with Crippen molar-refractivity contribution in [1.29, 1.82) is 0 Å². The van der Waals surface area contributed by atoms with Crippen molar-refractivity contribution in [3.63, 3.8) is 0 Å². The predicted molar refractivity (Wildman–Crippen MR) is 76.6 cm³/mol. The largest absolute Gasteiger partial charge is 0.397 e. The Kier molecular flexibility index (Phi) is 4.23. The molecule has 3 N–H and O–H groups in total. The van der Waals surface area contributed by atoms with Crippen LogP contribution in [0.2, 0.25) is 10.0 Å². The van der Waals surface area contributed by atoms with Gasteiger partial charge in [0.05, 0.1) is 21.8 Å². The van der Waals surface area contributed by atoms with Crippen molar-refractivity contribution in [3.05, 3.63) is 27.7 Å². The number of aliphatic hydroxyl groups is 1. The molecule has 0 atom stereocenters. The Hall–Kier alpha value is -0.970. The van der Waals surface area contributed by atoms with E-state index in [1.807, 2.05) is 0 Å². The zero-order chi connectivity index (χ0) is 14.2. The van der Waals surface area contributed by atoms with Crippen LogP contribution >= 0.6 is 23.2 Å². The Labute approximate surface area is 122 Å². The number of aliphatic hydroxyl groups excluding tert-OH is 1.